The fourth-order valence-electron chi connectivity index (χ4n) is 1.52. The lowest BCUT2D eigenvalue weighted by Crippen LogP contribution is -2.15. The summed E-state index contributed by atoms with van der Waals surface area (Å²) < 4.78 is 37.8. The van der Waals surface area contributed by atoms with Gasteiger partial charge in [0, 0.05) is 6.04 Å². The fourth-order valence-corrected chi connectivity index (χ4v) is 1.52. The van der Waals surface area contributed by atoms with Crippen LogP contribution in [0.15, 0.2) is 18.2 Å². The number of halogens is 3. The third-order valence-electron chi connectivity index (χ3n) is 2.50. The van der Waals surface area contributed by atoms with Crippen LogP contribution in [0, 0.1) is 6.92 Å². The molecule has 0 bridgehead atoms. The topological polar surface area (TPSA) is 26.0 Å². The Hall–Kier alpha value is -1.03. The van der Waals surface area contributed by atoms with Crippen molar-refractivity contribution in [3.8, 4) is 0 Å². The van der Waals surface area contributed by atoms with Crippen molar-refractivity contribution in [3.05, 3.63) is 34.9 Å². The van der Waals surface area contributed by atoms with E-state index in [0.717, 1.165) is 0 Å². The van der Waals surface area contributed by atoms with E-state index in [9.17, 15) is 13.2 Å². The predicted octanol–water partition coefficient (Wildman–Crippen LogP) is 3.29. The van der Waals surface area contributed by atoms with Gasteiger partial charge in [0.15, 0.2) is 0 Å². The summed E-state index contributed by atoms with van der Waals surface area (Å²) in [5.74, 6) is 0. The van der Waals surface area contributed by atoms with Crippen LogP contribution in [-0.4, -0.2) is 6.04 Å². The number of alkyl halides is 3. The third-order valence-corrected chi connectivity index (χ3v) is 2.50. The number of rotatable bonds is 3. The van der Waals surface area contributed by atoms with Crippen molar-refractivity contribution >= 4 is 0 Å². The van der Waals surface area contributed by atoms with Gasteiger partial charge in [-0.3, -0.25) is 0 Å². The Morgan fingerprint density at radius 3 is 2.44 bits per heavy atom. The SMILES string of the molecule is Cc1ccc(CC[C@H](C)N)cc1C(F)(F)F. The van der Waals surface area contributed by atoms with Gasteiger partial charge in [0.05, 0.1) is 5.56 Å². The molecule has 0 saturated heterocycles. The van der Waals surface area contributed by atoms with E-state index in [1.807, 2.05) is 6.92 Å². The van der Waals surface area contributed by atoms with E-state index in [0.29, 0.717) is 18.4 Å². The second-order valence-corrected chi connectivity index (χ2v) is 4.16. The molecule has 0 aromatic heterocycles. The Balaban J connectivity index is 2.90. The van der Waals surface area contributed by atoms with E-state index < -0.39 is 11.7 Å². The molecule has 1 aromatic rings. The Morgan fingerprint density at radius 2 is 1.94 bits per heavy atom. The largest absolute Gasteiger partial charge is 0.416 e. The van der Waals surface area contributed by atoms with Crippen LogP contribution >= 0.6 is 0 Å². The summed E-state index contributed by atoms with van der Waals surface area (Å²) in [4.78, 5) is 0. The minimum Gasteiger partial charge on any atom is -0.328 e. The van der Waals surface area contributed by atoms with Gasteiger partial charge in [-0.2, -0.15) is 13.2 Å². The maximum absolute atomic E-state index is 12.6. The van der Waals surface area contributed by atoms with Gasteiger partial charge in [-0.1, -0.05) is 12.1 Å². The molecule has 0 aliphatic carbocycles. The van der Waals surface area contributed by atoms with Gasteiger partial charge in [-0.05, 0) is 43.9 Å². The second kappa shape index (κ2) is 4.87. The molecule has 1 rings (SSSR count). The van der Waals surface area contributed by atoms with E-state index in [4.69, 9.17) is 5.73 Å². The first-order chi connectivity index (χ1) is 7.30. The Morgan fingerprint density at radius 1 is 1.31 bits per heavy atom. The number of hydrogen-bond acceptors (Lipinski definition) is 1. The second-order valence-electron chi connectivity index (χ2n) is 4.16. The summed E-state index contributed by atoms with van der Waals surface area (Å²) in [5, 5.41) is 0. The van der Waals surface area contributed by atoms with Crippen LogP contribution in [0.5, 0.6) is 0 Å². The molecule has 0 radical (unpaired) electrons. The van der Waals surface area contributed by atoms with Crippen LogP contribution in [0.1, 0.15) is 30.0 Å². The van der Waals surface area contributed by atoms with Gasteiger partial charge in [-0.25, -0.2) is 0 Å². The molecule has 0 spiro atoms. The molecule has 1 aromatic carbocycles. The molecule has 0 heterocycles. The highest BCUT2D eigenvalue weighted by Gasteiger charge is 2.32. The van der Waals surface area contributed by atoms with Gasteiger partial charge >= 0.3 is 6.18 Å². The molecule has 0 saturated carbocycles. The first-order valence-electron chi connectivity index (χ1n) is 5.23. The van der Waals surface area contributed by atoms with Crippen molar-refractivity contribution in [2.45, 2.75) is 38.9 Å². The summed E-state index contributed by atoms with van der Waals surface area (Å²) in [6.07, 6.45) is -2.99. The van der Waals surface area contributed by atoms with Crippen LogP contribution in [-0.2, 0) is 12.6 Å². The number of hydrogen-bond donors (Lipinski definition) is 1. The molecule has 90 valence electrons. The molecule has 4 heteroatoms. The van der Waals surface area contributed by atoms with Crippen molar-refractivity contribution in [1.29, 1.82) is 0 Å². The Labute approximate surface area is 93.5 Å². The van der Waals surface area contributed by atoms with Crippen LogP contribution in [0.3, 0.4) is 0 Å². The fraction of sp³-hybridized carbons (Fsp3) is 0.500. The van der Waals surface area contributed by atoms with Gasteiger partial charge in [0.1, 0.15) is 0 Å². The molecule has 0 aliphatic heterocycles. The third kappa shape index (κ3) is 3.52. The van der Waals surface area contributed by atoms with Gasteiger partial charge in [-0.15, -0.1) is 0 Å². The highest BCUT2D eigenvalue weighted by atomic mass is 19.4. The first-order valence-corrected chi connectivity index (χ1v) is 5.23. The zero-order chi connectivity index (χ0) is 12.3. The Kier molecular flexibility index (Phi) is 3.97. The summed E-state index contributed by atoms with van der Waals surface area (Å²) >= 11 is 0. The summed E-state index contributed by atoms with van der Waals surface area (Å²) in [6.45, 7) is 3.32. The van der Waals surface area contributed by atoms with Gasteiger partial charge in [0.2, 0.25) is 0 Å². The monoisotopic (exact) mass is 231 g/mol. The molecule has 16 heavy (non-hydrogen) atoms. The average molecular weight is 231 g/mol. The normalized spacial score (nSPS) is 13.9. The lowest BCUT2D eigenvalue weighted by molar-refractivity contribution is -0.138. The molecular weight excluding hydrogens is 215 g/mol. The summed E-state index contributed by atoms with van der Waals surface area (Å²) in [6, 6.07) is 4.47. The molecule has 1 nitrogen and oxygen atoms in total. The highest BCUT2D eigenvalue weighted by molar-refractivity contribution is 5.33. The molecule has 0 fully saturated rings. The minimum absolute atomic E-state index is 0.00985. The standard InChI is InChI=1S/C12H16F3N/c1-8-3-5-10(6-4-9(2)16)7-11(8)12(13,14)15/h3,5,7,9H,4,6,16H2,1-2H3/t9-/m0/s1. The molecule has 2 N–H and O–H groups in total. The zero-order valence-corrected chi connectivity index (χ0v) is 9.43. The van der Waals surface area contributed by atoms with E-state index in [-0.39, 0.29) is 11.6 Å². The van der Waals surface area contributed by atoms with Crippen LogP contribution in [0.2, 0.25) is 0 Å². The maximum Gasteiger partial charge on any atom is 0.416 e. The summed E-state index contributed by atoms with van der Waals surface area (Å²) in [7, 11) is 0. The number of nitrogens with two attached hydrogens (primary N) is 1. The lowest BCUT2D eigenvalue weighted by Gasteiger charge is -2.12. The number of aryl methyl sites for hydroxylation is 2. The molecule has 0 amide bonds. The van der Waals surface area contributed by atoms with Crippen molar-refractivity contribution < 1.29 is 13.2 Å². The van der Waals surface area contributed by atoms with E-state index >= 15 is 0 Å². The van der Waals surface area contributed by atoms with Crippen LogP contribution in [0.4, 0.5) is 13.2 Å². The van der Waals surface area contributed by atoms with Crippen molar-refractivity contribution in [2.24, 2.45) is 5.73 Å². The highest BCUT2D eigenvalue weighted by Crippen LogP contribution is 2.32. The molecular formula is C12H16F3N. The molecule has 0 aliphatic rings. The van der Waals surface area contributed by atoms with Crippen molar-refractivity contribution in [2.75, 3.05) is 0 Å². The Bertz CT molecular complexity index is 356. The van der Waals surface area contributed by atoms with Gasteiger partial charge < -0.3 is 5.73 Å². The smallest absolute Gasteiger partial charge is 0.328 e. The van der Waals surface area contributed by atoms with Crippen LogP contribution < -0.4 is 5.73 Å². The molecule has 0 unspecified atom stereocenters. The number of benzene rings is 1. The molecule has 1 atom stereocenters. The lowest BCUT2D eigenvalue weighted by atomic mass is 10.0. The predicted molar refractivity (Wildman–Crippen MR) is 58.2 cm³/mol. The minimum atomic E-state index is -4.27. The summed E-state index contributed by atoms with van der Waals surface area (Å²) in [5.41, 5.74) is 5.98. The van der Waals surface area contributed by atoms with Crippen molar-refractivity contribution in [1.82, 2.24) is 0 Å². The van der Waals surface area contributed by atoms with Crippen LogP contribution in [0.25, 0.3) is 0 Å². The maximum atomic E-state index is 12.6. The van der Waals surface area contributed by atoms with E-state index in [1.54, 1.807) is 6.07 Å². The first kappa shape index (κ1) is 13.0. The van der Waals surface area contributed by atoms with Gasteiger partial charge in [0.25, 0.3) is 0 Å². The van der Waals surface area contributed by atoms with Crippen molar-refractivity contribution in [3.63, 3.8) is 0 Å². The van der Waals surface area contributed by atoms with E-state index in [1.165, 1.54) is 19.1 Å². The van der Waals surface area contributed by atoms with E-state index in [2.05, 4.69) is 0 Å². The average Bonchev–Trinajstić information content (AvgIpc) is 2.14. The quantitative estimate of drug-likeness (QED) is 0.848. The zero-order valence-electron chi connectivity index (χ0n) is 9.43.